The molecule has 2 amide bonds. The van der Waals surface area contributed by atoms with Crippen LogP contribution in [-0.2, 0) is 11.3 Å². The second kappa shape index (κ2) is 7.91. The fourth-order valence-electron chi connectivity index (χ4n) is 2.60. The highest BCUT2D eigenvalue weighted by molar-refractivity contribution is 6.05. The lowest BCUT2D eigenvalue weighted by Gasteiger charge is -2.09. The maximum absolute atomic E-state index is 12.4. The Kier molecular flexibility index (Phi) is 5.39. The molecular weight excluding hydrogens is 364 g/mol. The third-order valence-corrected chi connectivity index (χ3v) is 4.32. The molecule has 2 aromatic carbocycles. The minimum Gasteiger partial charge on any atom is -0.478 e. The van der Waals surface area contributed by atoms with Gasteiger partial charge in [0, 0.05) is 23.7 Å². The highest BCUT2D eigenvalue weighted by Crippen LogP contribution is 2.28. The quantitative estimate of drug-likeness (QED) is 0.581. The molecule has 2 aromatic rings. The van der Waals surface area contributed by atoms with Crippen LogP contribution in [0.5, 0.6) is 0 Å². The van der Waals surface area contributed by atoms with Crippen molar-refractivity contribution in [2.24, 2.45) is 5.92 Å². The average Bonchev–Trinajstić information content (AvgIpc) is 3.51. The van der Waals surface area contributed by atoms with Crippen molar-refractivity contribution in [1.82, 2.24) is 5.32 Å². The Morgan fingerprint density at radius 3 is 1.93 bits per heavy atom. The van der Waals surface area contributed by atoms with Crippen LogP contribution in [0.25, 0.3) is 0 Å². The van der Waals surface area contributed by atoms with Crippen molar-refractivity contribution in [3.8, 4) is 0 Å². The van der Waals surface area contributed by atoms with Gasteiger partial charge in [0.05, 0.1) is 11.1 Å². The first-order valence-electron chi connectivity index (χ1n) is 8.63. The van der Waals surface area contributed by atoms with Gasteiger partial charge in [-0.25, -0.2) is 9.59 Å². The van der Waals surface area contributed by atoms with Crippen molar-refractivity contribution in [2.75, 3.05) is 5.32 Å². The smallest absolute Gasteiger partial charge is 0.335 e. The number of amides is 2. The van der Waals surface area contributed by atoms with Gasteiger partial charge in [-0.3, -0.25) is 9.59 Å². The molecule has 1 aliphatic rings. The van der Waals surface area contributed by atoms with Gasteiger partial charge in [-0.2, -0.15) is 0 Å². The molecule has 8 heteroatoms. The summed E-state index contributed by atoms with van der Waals surface area (Å²) in [6.07, 6.45) is 1.86. The Morgan fingerprint density at radius 2 is 1.43 bits per heavy atom. The van der Waals surface area contributed by atoms with Crippen molar-refractivity contribution >= 4 is 29.4 Å². The lowest BCUT2D eigenvalue weighted by molar-refractivity contribution is -0.122. The summed E-state index contributed by atoms with van der Waals surface area (Å²) in [6, 6.07) is 9.96. The first-order valence-corrected chi connectivity index (χ1v) is 8.63. The molecule has 0 heterocycles. The normalized spacial score (nSPS) is 12.9. The number of carboxylic acids is 2. The highest BCUT2D eigenvalue weighted by Gasteiger charge is 2.29. The summed E-state index contributed by atoms with van der Waals surface area (Å²) < 4.78 is 0. The molecule has 1 fully saturated rings. The standard InChI is InChI=1S/C20H18N2O6/c23-17(12-5-6-12)21-10-11-1-3-13(4-2-11)18(24)22-16-8-14(19(25)26)7-15(9-16)20(27)28/h1-4,7-9,12H,5-6,10H2,(H,21,23)(H,22,24)(H,25,26)(H,27,28). The van der Waals surface area contributed by atoms with Crippen molar-refractivity contribution in [3.63, 3.8) is 0 Å². The Bertz CT molecular complexity index is 915. The second-order valence-electron chi connectivity index (χ2n) is 6.55. The van der Waals surface area contributed by atoms with Gasteiger partial charge in [0.15, 0.2) is 0 Å². The summed E-state index contributed by atoms with van der Waals surface area (Å²) >= 11 is 0. The Balaban J connectivity index is 1.67. The van der Waals surface area contributed by atoms with Crippen LogP contribution < -0.4 is 10.6 Å². The third kappa shape index (κ3) is 4.73. The third-order valence-electron chi connectivity index (χ3n) is 4.32. The Morgan fingerprint density at radius 1 is 0.857 bits per heavy atom. The summed E-state index contributed by atoms with van der Waals surface area (Å²) in [6.45, 7) is 0.375. The molecule has 28 heavy (non-hydrogen) atoms. The first-order chi connectivity index (χ1) is 13.3. The van der Waals surface area contributed by atoms with E-state index in [0.29, 0.717) is 12.1 Å². The molecule has 144 valence electrons. The molecule has 3 rings (SSSR count). The molecule has 0 aromatic heterocycles. The molecule has 8 nitrogen and oxygen atoms in total. The number of nitrogens with one attached hydrogen (secondary N) is 2. The molecule has 0 bridgehead atoms. The van der Waals surface area contributed by atoms with Gasteiger partial charge in [0.2, 0.25) is 5.91 Å². The summed E-state index contributed by atoms with van der Waals surface area (Å²) in [5.41, 5.74) is 0.749. The van der Waals surface area contributed by atoms with Crippen molar-refractivity contribution in [3.05, 3.63) is 64.7 Å². The average molecular weight is 382 g/mol. The predicted octanol–water partition coefficient (Wildman–Crippen LogP) is 2.36. The van der Waals surface area contributed by atoms with E-state index in [1.54, 1.807) is 24.3 Å². The van der Waals surface area contributed by atoms with Crippen LogP contribution in [0.2, 0.25) is 0 Å². The topological polar surface area (TPSA) is 133 Å². The van der Waals surface area contributed by atoms with Gasteiger partial charge in [-0.05, 0) is 48.7 Å². The molecule has 0 saturated heterocycles. The number of hydrogen-bond acceptors (Lipinski definition) is 4. The summed E-state index contributed by atoms with van der Waals surface area (Å²) in [5.74, 6) is -2.93. The number of carbonyl (C=O) groups excluding carboxylic acids is 2. The van der Waals surface area contributed by atoms with Crippen molar-refractivity contribution in [2.45, 2.75) is 19.4 Å². The van der Waals surface area contributed by atoms with Crippen LogP contribution in [0.4, 0.5) is 5.69 Å². The number of hydrogen-bond donors (Lipinski definition) is 4. The zero-order valence-electron chi connectivity index (χ0n) is 14.8. The van der Waals surface area contributed by atoms with E-state index in [9.17, 15) is 19.2 Å². The van der Waals surface area contributed by atoms with Crippen LogP contribution in [0.1, 0.15) is 49.5 Å². The van der Waals surface area contributed by atoms with Gasteiger partial charge >= 0.3 is 11.9 Å². The van der Waals surface area contributed by atoms with E-state index in [1.807, 2.05) is 0 Å². The number of rotatable bonds is 7. The maximum atomic E-state index is 12.4. The summed E-state index contributed by atoms with van der Waals surface area (Å²) in [4.78, 5) is 46.3. The molecule has 0 atom stereocenters. The number of anilines is 1. The number of carboxylic acid groups (broad SMARTS) is 2. The molecule has 0 spiro atoms. The molecule has 1 aliphatic carbocycles. The van der Waals surface area contributed by atoms with Crippen LogP contribution >= 0.6 is 0 Å². The van der Waals surface area contributed by atoms with E-state index in [4.69, 9.17) is 10.2 Å². The second-order valence-corrected chi connectivity index (χ2v) is 6.55. The maximum Gasteiger partial charge on any atom is 0.335 e. The molecule has 1 saturated carbocycles. The number of aromatic carboxylic acids is 2. The molecular formula is C20H18N2O6. The summed E-state index contributed by atoms with van der Waals surface area (Å²) in [5, 5.41) is 23.5. The largest absolute Gasteiger partial charge is 0.478 e. The van der Waals surface area contributed by atoms with Crippen LogP contribution in [0.15, 0.2) is 42.5 Å². The fraction of sp³-hybridized carbons (Fsp3) is 0.200. The lowest BCUT2D eigenvalue weighted by atomic mass is 10.1. The van der Waals surface area contributed by atoms with Gasteiger partial charge in [0.1, 0.15) is 0 Å². The molecule has 0 unspecified atom stereocenters. The van der Waals surface area contributed by atoms with E-state index in [0.717, 1.165) is 24.5 Å². The minimum atomic E-state index is -1.30. The SMILES string of the molecule is O=C(O)c1cc(NC(=O)c2ccc(CNC(=O)C3CC3)cc2)cc(C(=O)O)c1. The highest BCUT2D eigenvalue weighted by atomic mass is 16.4. The fourth-order valence-corrected chi connectivity index (χ4v) is 2.60. The van der Waals surface area contributed by atoms with Gasteiger partial charge in [-0.1, -0.05) is 12.1 Å². The molecule has 0 aliphatic heterocycles. The van der Waals surface area contributed by atoms with Crippen LogP contribution in [0, 0.1) is 5.92 Å². The Labute approximate surface area is 160 Å². The summed E-state index contributed by atoms with van der Waals surface area (Å²) in [7, 11) is 0. The predicted molar refractivity (Wildman–Crippen MR) is 99.3 cm³/mol. The first kappa shape index (κ1) is 19.1. The van der Waals surface area contributed by atoms with Crippen molar-refractivity contribution < 1.29 is 29.4 Å². The van der Waals surface area contributed by atoms with E-state index < -0.39 is 17.8 Å². The van der Waals surface area contributed by atoms with E-state index in [1.165, 1.54) is 12.1 Å². The Hall–Kier alpha value is -3.68. The minimum absolute atomic E-state index is 0.0365. The number of carbonyl (C=O) groups is 4. The van der Waals surface area contributed by atoms with Crippen LogP contribution in [-0.4, -0.2) is 34.0 Å². The zero-order chi connectivity index (χ0) is 20.3. The van der Waals surface area contributed by atoms with Gasteiger partial charge in [0.25, 0.3) is 5.91 Å². The van der Waals surface area contributed by atoms with E-state index >= 15 is 0 Å². The number of benzene rings is 2. The van der Waals surface area contributed by atoms with Crippen LogP contribution in [0.3, 0.4) is 0 Å². The van der Waals surface area contributed by atoms with Crippen molar-refractivity contribution in [1.29, 1.82) is 0 Å². The van der Waals surface area contributed by atoms with Gasteiger partial charge < -0.3 is 20.8 Å². The monoisotopic (exact) mass is 382 g/mol. The molecule has 0 radical (unpaired) electrons. The lowest BCUT2D eigenvalue weighted by Crippen LogP contribution is -2.24. The van der Waals surface area contributed by atoms with E-state index in [-0.39, 0.29) is 28.6 Å². The van der Waals surface area contributed by atoms with E-state index in [2.05, 4.69) is 10.6 Å². The zero-order valence-corrected chi connectivity index (χ0v) is 14.8. The molecule has 4 N–H and O–H groups in total. The van der Waals surface area contributed by atoms with Gasteiger partial charge in [-0.15, -0.1) is 0 Å².